The standard InChI is InChI=1S/C28H42N4OS/c1-19-11-10-12-20(2)31(19)26(33)21(3)34-27-30-29-25(32(27)24-13-8-7-9-14-24)22-15-17-23(18-16-22)28(4,5)6/h15-21,24H,7-14H2,1-6H3/t19-,20-,21-/m0/s1. The third-order valence-corrected chi connectivity index (χ3v) is 8.74. The zero-order chi connectivity index (χ0) is 24.5. The van der Waals surface area contributed by atoms with E-state index in [1.54, 1.807) is 11.8 Å². The van der Waals surface area contributed by atoms with Crippen molar-refractivity contribution >= 4 is 17.7 Å². The number of benzene rings is 1. The summed E-state index contributed by atoms with van der Waals surface area (Å²) < 4.78 is 2.35. The van der Waals surface area contributed by atoms with E-state index < -0.39 is 0 Å². The Bertz CT molecular complexity index is 961. The van der Waals surface area contributed by atoms with Crippen molar-refractivity contribution in [2.75, 3.05) is 0 Å². The summed E-state index contributed by atoms with van der Waals surface area (Å²) in [6.07, 6.45) is 9.50. The molecule has 0 unspecified atom stereocenters. The summed E-state index contributed by atoms with van der Waals surface area (Å²) >= 11 is 1.59. The number of likely N-dealkylation sites (tertiary alicyclic amines) is 1. The second kappa shape index (κ2) is 10.4. The van der Waals surface area contributed by atoms with Gasteiger partial charge in [-0.1, -0.05) is 76.1 Å². The van der Waals surface area contributed by atoms with Gasteiger partial charge in [0.25, 0.3) is 0 Å². The minimum absolute atomic E-state index is 0.120. The van der Waals surface area contributed by atoms with Gasteiger partial charge in [-0.25, -0.2) is 0 Å². The van der Waals surface area contributed by atoms with Crippen LogP contribution in [0.5, 0.6) is 0 Å². The van der Waals surface area contributed by atoms with Gasteiger partial charge in [0.15, 0.2) is 11.0 Å². The molecule has 4 rings (SSSR count). The summed E-state index contributed by atoms with van der Waals surface area (Å²) in [6, 6.07) is 9.83. The Morgan fingerprint density at radius 3 is 2.15 bits per heavy atom. The van der Waals surface area contributed by atoms with Gasteiger partial charge in [0, 0.05) is 23.7 Å². The van der Waals surface area contributed by atoms with Gasteiger partial charge in [0.1, 0.15) is 0 Å². The van der Waals surface area contributed by atoms with Crippen LogP contribution in [-0.2, 0) is 10.2 Å². The molecule has 0 bridgehead atoms. The zero-order valence-corrected chi connectivity index (χ0v) is 22.7. The average Bonchev–Trinajstić information content (AvgIpc) is 3.22. The Morgan fingerprint density at radius 2 is 1.56 bits per heavy atom. The van der Waals surface area contributed by atoms with Crippen LogP contribution in [0.2, 0.25) is 0 Å². The van der Waals surface area contributed by atoms with Crippen molar-refractivity contribution < 1.29 is 4.79 Å². The molecule has 2 aromatic rings. The largest absolute Gasteiger partial charge is 0.336 e. The number of nitrogens with zero attached hydrogens (tertiary/aromatic N) is 4. The van der Waals surface area contributed by atoms with Crippen LogP contribution in [0, 0.1) is 0 Å². The monoisotopic (exact) mass is 482 g/mol. The summed E-state index contributed by atoms with van der Waals surface area (Å²) in [5.41, 5.74) is 2.54. The summed E-state index contributed by atoms with van der Waals surface area (Å²) in [5.74, 6) is 1.17. The quantitative estimate of drug-likeness (QED) is 0.430. The van der Waals surface area contributed by atoms with Gasteiger partial charge in [-0.05, 0) is 63.9 Å². The summed E-state index contributed by atoms with van der Waals surface area (Å²) in [7, 11) is 0. The predicted molar refractivity (Wildman–Crippen MR) is 141 cm³/mol. The lowest BCUT2D eigenvalue weighted by atomic mass is 9.86. The predicted octanol–water partition coefficient (Wildman–Crippen LogP) is 7.02. The van der Waals surface area contributed by atoms with E-state index >= 15 is 0 Å². The number of rotatable bonds is 5. The van der Waals surface area contributed by atoms with E-state index in [0.29, 0.717) is 18.1 Å². The fraction of sp³-hybridized carbons (Fsp3) is 0.679. The molecule has 1 aliphatic heterocycles. The normalized spacial score (nSPS) is 23.2. The highest BCUT2D eigenvalue weighted by Gasteiger charge is 2.33. The molecule has 1 amide bonds. The van der Waals surface area contributed by atoms with Crippen LogP contribution in [0.15, 0.2) is 29.4 Å². The van der Waals surface area contributed by atoms with Crippen molar-refractivity contribution in [3.63, 3.8) is 0 Å². The lowest BCUT2D eigenvalue weighted by molar-refractivity contribution is -0.136. The Kier molecular flexibility index (Phi) is 7.75. The molecule has 0 N–H and O–H groups in total. The molecule has 1 aromatic carbocycles. The van der Waals surface area contributed by atoms with Crippen molar-refractivity contribution in [2.45, 2.75) is 127 Å². The van der Waals surface area contributed by atoms with Crippen molar-refractivity contribution in [1.82, 2.24) is 19.7 Å². The van der Waals surface area contributed by atoms with Crippen molar-refractivity contribution in [3.05, 3.63) is 29.8 Å². The molecule has 3 atom stereocenters. The SMILES string of the molecule is C[C@H](Sc1nnc(-c2ccc(C(C)(C)C)cc2)n1C1CCCCC1)C(=O)N1[C@@H](C)CCC[C@@H]1C. The summed E-state index contributed by atoms with van der Waals surface area (Å²) in [5, 5.41) is 10.0. The molecule has 34 heavy (non-hydrogen) atoms. The Balaban J connectivity index is 1.62. The lowest BCUT2D eigenvalue weighted by Crippen LogP contribution is -2.50. The highest BCUT2D eigenvalue weighted by Crippen LogP contribution is 2.38. The number of aromatic nitrogens is 3. The van der Waals surface area contributed by atoms with Crippen LogP contribution in [-0.4, -0.2) is 42.9 Å². The average molecular weight is 483 g/mol. The van der Waals surface area contributed by atoms with Gasteiger partial charge in [-0.15, -0.1) is 10.2 Å². The van der Waals surface area contributed by atoms with Crippen LogP contribution in [0.1, 0.15) is 105 Å². The minimum Gasteiger partial charge on any atom is -0.336 e. The highest BCUT2D eigenvalue weighted by atomic mass is 32.2. The molecule has 1 aromatic heterocycles. The minimum atomic E-state index is -0.175. The van der Waals surface area contributed by atoms with Crippen LogP contribution in [0.4, 0.5) is 0 Å². The lowest BCUT2D eigenvalue weighted by Gasteiger charge is -2.40. The molecule has 0 radical (unpaired) electrons. The number of hydrogen-bond acceptors (Lipinski definition) is 4. The van der Waals surface area contributed by atoms with E-state index in [2.05, 4.69) is 78.5 Å². The second-order valence-corrected chi connectivity index (χ2v) is 12.7. The maximum Gasteiger partial charge on any atom is 0.236 e. The fourth-order valence-corrected chi connectivity index (χ4v) is 6.59. The molecule has 0 spiro atoms. The molecule has 2 aliphatic rings. The fourth-order valence-electron chi connectivity index (χ4n) is 5.62. The van der Waals surface area contributed by atoms with Crippen LogP contribution in [0.25, 0.3) is 11.4 Å². The van der Waals surface area contributed by atoms with Gasteiger partial charge in [0.05, 0.1) is 5.25 Å². The smallest absolute Gasteiger partial charge is 0.236 e. The van der Waals surface area contributed by atoms with E-state index in [4.69, 9.17) is 0 Å². The topological polar surface area (TPSA) is 51.0 Å². The first-order chi connectivity index (χ1) is 16.2. The Hall–Kier alpha value is -1.82. The molecule has 2 heterocycles. The number of amides is 1. The molecule has 2 fully saturated rings. The first-order valence-corrected chi connectivity index (χ1v) is 14.1. The highest BCUT2D eigenvalue weighted by molar-refractivity contribution is 8.00. The maximum absolute atomic E-state index is 13.5. The molecular formula is C28H42N4OS. The first kappa shape index (κ1) is 25.3. The third-order valence-electron chi connectivity index (χ3n) is 7.69. The number of piperidine rings is 1. The van der Waals surface area contributed by atoms with Crippen LogP contribution < -0.4 is 0 Å². The van der Waals surface area contributed by atoms with E-state index in [0.717, 1.165) is 42.2 Å². The van der Waals surface area contributed by atoms with Gasteiger partial charge in [-0.3, -0.25) is 9.36 Å². The van der Waals surface area contributed by atoms with E-state index in [1.165, 1.54) is 31.2 Å². The molecule has 1 aliphatic carbocycles. The Labute approximate surface area is 210 Å². The van der Waals surface area contributed by atoms with Crippen molar-refractivity contribution in [1.29, 1.82) is 0 Å². The molecule has 6 heteroatoms. The van der Waals surface area contributed by atoms with Gasteiger partial charge in [-0.2, -0.15) is 0 Å². The van der Waals surface area contributed by atoms with Crippen molar-refractivity contribution in [2.24, 2.45) is 0 Å². The van der Waals surface area contributed by atoms with Gasteiger partial charge in [0.2, 0.25) is 5.91 Å². The first-order valence-electron chi connectivity index (χ1n) is 13.2. The van der Waals surface area contributed by atoms with Gasteiger partial charge >= 0.3 is 0 Å². The van der Waals surface area contributed by atoms with Crippen LogP contribution in [0.3, 0.4) is 0 Å². The molecule has 1 saturated heterocycles. The van der Waals surface area contributed by atoms with E-state index in [1.807, 2.05) is 6.92 Å². The van der Waals surface area contributed by atoms with E-state index in [-0.39, 0.29) is 16.6 Å². The Morgan fingerprint density at radius 1 is 0.941 bits per heavy atom. The number of carbonyl (C=O) groups is 1. The zero-order valence-electron chi connectivity index (χ0n) is 21.9. The number of hydrogen-bond donors (Lipinski definition) is 0. The van der Waals surface area contributed by atoms with Gasteiger partial charge < -0.3 is 4.90 Å². The molecule has 186 valence electrons. The number of carbonyl (C=O) groups excluding carboxylic acids is 1. The van der Waals surface area contributed by atoms with E-state index in [9.17, 15) is 4.79 Å². The summed E-state index contributed by atoms with van der Waals surface area (Å²) in [4.78, 5) is 15.6. The van der Waals surface area contributed by atoms with Crippen molar-refractivity contribution in [3.8, 4) is 11.4 Å². The van der Waals surface area contributed by atoms with Crippen LogP contribution >= 0.6 is 11.8 Å². The molecule has 1 saturated carbocycles. The second-order valence-electron chi connectivity index (χ2n) is 11.4. The number of thioether (sulfide) groups is 1. The molecule has 5 nitrogen and oxygen atoms in total. The summed E-state index contributed by atoms with van der Waals surface area (Å²) in [6.45, 7) is 13.1. The third kappa shape index (κ3) is 5.37. The molecular weight excluding hydrogens is 440 g/mol. The maximum atomic E-state index is 13.5.